The van der Waals surface area contributed by atoms with Gasteiger partial charge in [0.1, 0.15) is 11.5 Å². The minimum Gasteiger partial charge on any atom is -0.497 e. The van der Waals surface area contributed by atoms with Crippen LogP contribution >= 0.6 is 0 Å². The van der Waals surface area contributed by atoms with E-state index in [9.17, 15) is 14.4 Å². The Bertz CT molecular complexity index is 1110. The maximum atomic E-state index is 12.3. The van der Waals surface area contributed by atoms with Crippen LogP contribution in [-0.4, -0.2) is 42.8 Å². The molecule has 9 nitrogen and oxygen atoms in total. The predicted molar refractivity (Wildman–Crippen MR) is 107 cm³/mol. The number of nitrogens with zero attached hydrogens (tertiary/aromatic N) is 1. The Balaban J connectivity index is 1.62. The fourth-order valence-electron chi connectivity index (χ4n) is 2.81. The van der Waals surface area contributed by atoms with Crippen molar-refractivity contribution in [2.75, 3.05) is 26.1 Å². The molecule has 1 aromatic heterocycles. The number of carbonyl (C=O) groups excluding carboxylic acids is 2. The molecule has 3 N–H and O–H groups in total. The molecule has 0 aliphatic rings. The number of anilines is 1. The SMILES string of the molecule is COc1ccc(OC)c(NC(=O)CNC(=O)Cc2n[nH]c(=O)c3ccccc23)c1. The molecule has 9 heteroatoms. The number of methoxy groups -OCH3 is 2. The van der Waals surface area contributed by atoms with Gasteiger partial charge in [0, 0.05) is 11.5 Å². The highest BCUT2D eigenvalue weighted by Gasteiger charge is 2.13. The van der Waals surface area contributed by atoms with Crippen LogP contribution in [0, 0.1) is 0 Å². The number of amides is 2. The summed E-state index contributed by atoms with van der Waals surface area (Å²) >= 11 is 0. The van der Waals surface area contributed by atoms with Gasteiger partial charge in [0.05, 0.1) is 44.0 Å². The van der Waals surface area contributed by atoms with Crippen LogP contribution in [0.3, 0.4) is 0 Å². The van der Waals surface area contributed by atoms with E-state index in [0.717, 1.165) is 0 Å². The lowest BCUT2D eigenvalue weighted by Crippen LogP contribution is -2.34. The summed E-state index contributed by atoms with van der Waals surface area (Å²) in [6.07, 6.45) is -0.0763. The molecule has 0 saturated carbocycles. The second-order valence-corrected chi connectivity index (χ2v) is 6.11. The smallest absolute Gasteiger partial charge is 0.272 e. The van der Waals surface area contributed by atoms with E-state index in [1.807, 2.05) is 0 Å². The van der Waals surface area contributed by atoms with Crippen molar-refractivity contribution in [3.05, 3.63) is 58.5 Å². The van der Waals surface area contributed by atoms with Gasteiger partial charge in [0.25, 0.3) is 5.56 Å². The lowest BCUT2D eigenvalue weighted by Gasteiger charge is -2.12. The predicted octanol–water partition coefficient (Wildman–Crippen LogP) is 1.24. The molecule has 0 radical (unpaired) electrons. The number of fused-ring (bicyclic) bond motifs is 1. The number of hydrogen-bond donors (Lipinski definition) is 3. The van der Waals surface area contributed by atoms with E-state index in [2.05, 4.69) is 20.8 Å². The molecule has 0 atom stereocenters. The van der Waals surface area contributed by atoms with E-state index in [1.54, 1.807) is 42.5 Å². The molecule has 0 unspecified atom stereocenters. The quantitative estimate of drug-likeness (QED) is 0.552. The summed E-state index contributed by atoms with van der Waals surface area (Å²) in [6.45, 7) is -0.236. The molecule has 0 aliphatic carbocycles. The van der Waals surface area contributed by atoms with E-state index in [0.29, 0.717) is 33.7 Å². The first kappa shape index (κ1) is 19.9. The molecule has 150 valence electrons. The van der Waals surface area contributed by atoms with Crippen LogP contribution in [0.1, 0.15) is 5.69 Å². The Labute approximate surface area is 166 Å². The van der Waals surface area contributed by atoms with Gasteiger partial charge in [-0.1, -0.05) is 18.2 Å². The average molecular weight is 396 g/mol. The Morgan fingerprint density at radius 2 is 1.79 bits per heavy atom. The van der Waals surface area contributed by atoms with Crippen molar-refractivity contribution < 1.29 is 19.1 Å². The van der Waals surface area contributed by atoms with Crippen molar-refractivity contribution in [2.45, 2.75) is 6.42 Å². The average Bonchev–Trinajstić information content (AvgIpc) is 2.74. The van der Waals surface area contributed by atoms with Gasteiger partial charge in [-0.2, -0.15) is 5.10 Å². The van der Waals surface area contributed by atoms with Crippen molar-refractivity contribution in [3.8, 4) is 11.5 Å². The van der Waals surface area contributed by atoms with Crippen LogP contribution in [0.5, 0.6) is 11.5 Å². The molecule has 29 heavy (non-hydrogen) atoms. The summed E-state index contributed by atoms with van der Waals surface area (Å²) in [6, 6.07) is 11.9. The summed E-state index contributed by atoms with van der Waals surface area (Å²) < 4.78 is 10.3. The summed E-state index contributed by atoms with van der Waals surface area (Å²) in [4.78, 5) is 36.3. The molecular weight excluding hydrogens is 376 g/mol. The summed E-state index contributed by atoms with van der Waals surface area (Å²) in [7, 11) is 3.00. The Morgan fingerprint density at radius 3 is 2.52 bits per heavy atom. The number of aromatic nitrogens is 2. The minimum absolute atomic E-state index is 0.0763. The van der Waals surface area contributed by atoms with Gasteiger partial charge in [-0.3, -0.25) is 14.4 Å². The maximum Gasteiger partial charge on any atom is 0.272 e. The van der Waals surface area contributed by atoms with Crippen molar-refractivity contribution in [2.24, 2.45) is 0 Å². The lowest BCUT2D eigenvalue weighted by molar-refractivity contribution is -0.123. The molecule has 3 rings (SSSR count). The fraction of sp³-hybridized carbons (Fsp3) is 0.200. The molecule has 0 saturated heterocycles. The summed E-state index contributed by atoms with van der Waals surface area (Å²) in [5, 5.41) is 12.6. The second-order valence-electron chi connectivity index (χ2n) is 6.11. The topological polar surface area (TPSA) is 122 Å². The molecular formula is C20H20N4O5. The molecule has 1 heterocycles. The van der Waals surface area contributed by atoms with Gasteiger partial charge >= 0.3 is 0 Å². The first-order chi connectivity index (χ1) is 14.0. The van der Waals surface area contributed by atoms with Crippen molar-refractivity contribution in [1.82, 2.24) is 15.5 Å². The van der Waals surface area contributed by atoms with E-state index in [1.165, 1.54) is 14.2 Å². The molecule has 0 aliphatic heterocycles. The van der Waals surface area contributed by atoms with Gasteiger partial charge in [0.2, 0.25) is 11.8 Å². The van der Waals surface area contributed by atoms with E-state index in [4.69, 9.17) is 9.47 Å². The third-order valence-corrected chi connectivity index (χ3v) is 4.23. The van der Waals surface area contributed by atoms with E-state index < -0.39 is 11.8 Å². The molecule has 0 bridgehead atoms. The van der Waals surface area contributed by atoms with Crippen LogP contribution in [0.2, 0.25) is 0 Å². The van der Waals surface area contributed by atoms with Crippen LogP contribution in [0.15, 0.2) is 47.3 Å². The van der Waals surface area contributed by atoms with Crippen molar-refractivity contribution in [1.29, 1.82) is 0 Å². The minimum atomic E-state index is -0.427. The molecule has 2 aromatic carbocycles. The Kier molecular flexibility index (Phi) is 6.08. The van der Waals surface area contributed by atoms with Crippen LogP contribution in [-0.2, 0) is 16.0 Å². The number of ether oxygens (including phenoxy) is 2. The molecule has 3 aromatic rings. The number of H-pyrrole nitrogens is 1. The number of aromatic amines is 1. The standard InChI is InChI=1S/C20H20N4O5/c1-28-12-7-8-17(29-2)16(9-12)22-19(26)11-21-18(25)10-15-13-5-3-4-6-14(13)20(27)24-23-15/h3-9H,10-11H2,1-2H3,(H,21,25)(H,22,26)(H,24,27). The van der Waals surface area contributed by atoms with Crippen LogP contribution in [0.4, 0.5) is 5.69 Å². The highest BCUT2D eigenvalue weighted by Crippen LogP contribution is 2.28. The zero-order chi connectivity index (χ0) is 20.8. The van der Waals surface area contributed by atoms with Gasteiger partial charge in [-0.05, 0) is 18.2 Å². The van der Waals surface area contributed by atoms with Crippen LogP contribution < -0.4 is 25.7 Å². The number of nitrogens with one attached hydrogen (secondary N) is 3. The third kappa shape index (κ3) is 4.70. The first-order valence-corrected chi connectivity index (χ1v) is 8.76. The van der Waals surface area contributed by atoms with Crippen molar-refractivity contribution in [3.63, 3.8) is 0 Å². The third-order valence-electron chi connectivity index (χ3n) is 4.23. The zero-order valence-corrected chi connectivity index (χ0v) is 15.9. The molecule has 2 amide bonds. The number of hydrogen-bond acceptors (Lipinski definition) is 6. The first-order valence-electron chi connectivity index (χ1n) is 8.76. The second kappa shape index (κ2) is 8.87. The summed E-state index contributed by atoms with van der Waals surface area (Å²) in [5.74, 6) is 0.196. The maximum absolute atomic E-state index is 12.3. The lowest BCUT2D eigenvalue weighted by atomic mass is 10.1. The van der Waals surface area contributed by atoms with Gasteiger partial charge in [0.15, 0.2) is 0 Å². The molecule has 0 fully saturated rings. The van der Waals surface area contributed by atoms with Gasteiger partial charge in [-0.25, -0.2) is 5.10 Å². The Morgan fingerprint density at radius 1 is 1.03 bits per heavy atom. The monoisotopic (exact) mass is 396 g/mol. The van der Waals surface area contributed by atoms with Crippen LogP contribution in [0.25, 0.3) is 10.8 Å². The van der Waals surface area contributed by atoms with E-state index in [-0.39, 0.29) is 18.5 Å². The van der Waals surface area contributed by atoms with Gasteiger partial charge < -0.3 is 20.1 Å². The van der Waals surface area contributed by atoms with E-state index >= 15 is 0 Å². The molecule has 0 spiro atoms. The number of benzene rings is 2. The number of rotatable bonds is 7. The largest absolute Gasteiger partial charge is 0.497 e. The van der Waals surface area contributed by atoms with Crippen molar-refractivity contribution >= 4 is 28.3 Å². The normalized spacial score (nSPS) is 10.4. The Hall–Kier alpha value is -3.88. The zero-order valence-electron chi connectivity index (χ0n) is 15.9. The van der Waals surface area contributed by atoms with Gasteiger partial charge in [-0.15, -0.1) is 0 Å². The highest BCUT2D eigenvalue weighted by molar-refractivity contribution is 5.96. The summed E-state index contributed by atoms with van der Waals surface area (Å²) in [5.41, 5.74) is 0.531. The fourth-order valence-corrected chi connectivity index (χ4v) is 2.81. The number of carbonyl (C=O) groups is 2. The highest BCUT2D eigenvalue weighted by atomic mass is 16.5.